The van der Waals surface area contributed by atoms with Gasteiger partial charge in [0.1, 0.15) is 11.5 Å². The standard InChI is InChI=1S/C15H18O2/c16-14-10-9-13(12-14)6-4-5-11-17-15-7-2-1-3-8-15/h1-4,6-8,13H,5,9-12H2/b6-4+/t13-/m0/s1. The Morgan fingerprint density at radius 3 is 2.82 bits per heavy atom. The quantitative estimate of drug-likeness (QED) is 0.572. The fourth-order valence-electron chi connectivity index (χ4n) is 2.06. The second-order valence-corrected chi connectivity index (χ2v) is 4.42. The number of hydrogen-bond acceptors (Lipinski definition) is 2. The number of carbonyl (C=O) groups excluding carboxylic acids is 1. The molecule has 1 fully saturated rings. The zero-order valence-corrected chi connectivity index (χ0v) is 9.97. The first kappa shape index (κ1) is 11.9. The number of hydrogen-bond donors (Lipinski definition) is 0. The molecule has 1 aliphatic rings. The van der Waals surface area contributed by atoms with Gasteiger partial charge in [-0.1, -0.05) is 30.4 Å². The van der Waals surface area contributed by atoms with E-state index in [2.05, 4.69) is 12.2 Å². The van der Waals surface area contributed by atoms with E-state index < -0.39 is 0 Å². The van der Waals surface area contributed by atoms with Gasteiger partial charge >= 0.3 is 0 Å². The number of ketones is 1. The maximum atomic E-state index is 11.1. The second kappa shape index (κ2) is 6.24. The molecule has 0 unspecified atom stereocenters. The maximum absolute atomic E-state index is 11.1. The molecular weight excluding hydrogens is 212 g/mol. The normalized spacial score (nSPS) is 20.0. The average molecular weight is 230 g/mol. The lowest BCUT2D eigenvalue weighted by atomic mass is 10.1. The van der Waals surface area contributed by atoms with Gasteiger partial charge in [-0.2, -0.15) is 0 Å². The van der Waals surface area contributed by atoms with Crippen LogP contribution in [0.3, 0.4) is 0 Å². The van der Waals surface area contributed by atoms with E-state index in [4.69, 9.17) is 4.74 Å². The van der Waals surface area contributed by atoms with Crippen molar-refractivity contribution in [1.82, 2.24) is 0 Å². The Kier molecular flexibility index (Phi) is 4.37. The highest BCUT2D eigenvalue weighted by atomic mass is 16.5. The highest BCUT2D eigenvalue weighted by Gasteiger charge is 2.18. The summed E-state index contributed by atoms with van der Waals surface area (Å²) in [5.41, 5.74) is 0. The van der Waals surface area contributed by atoms with Crippen molar-refractivity contribution in [3.05, 3.63) is 42.5 Å². The molecular formula is C15H18O2. The third-order valence-corrected chi connectivity index (χ3v) is 2.99. The summed E-state index contributed by atoms with van der Waals surface area (Å²) in [5.74, 6) is 1.79. The maximum Gasteiger partial charge on any atom is 0.133 e. The fourth-order valence-corrected chi connectivity index (χ4v) is 2.06. The van der Waals surface area contributed by atoms with Crippen LogP contribution in [-0.2, 0) is 4.79 Å². The molecule has 90 valence electrons. The van der Waals surface area contributed by atoms with Gasteiger partial charge in [0, 0.05) is 12.8 Å². The number of rotatable bonds is 5. The van der Waals surface area contributed by atoms with Gasteiger partial charge in [-0.05, 0) is 30.9 Å². The molecule has 2 nitrogen and oxygen atoms in total. The van der Waals surface area contributed by atoms with Gasteiger partial charge in [0.25, 0.3) is 0 Å². The summed E-state index contributed by atoms with van der Waals surface area (Å²) >= 11 is 0. The van der Waals surface area contributed by atoms with E-state index in [0.29, 0.717) is 18.3 Å². The van der Waals surface area contributed by atoms with Gasteiger partial charge in [-0.15, -0.1) is 0 Å². The molecule has 0 N–H and O–H groups in total. The third-order valence-electron chi connectivity index (χ3n) is 2.99. The van der Waals surface area contributed by atoms with Gasteiger partial charge in [0.05, 0.1) is 6.61 Å². The highest BCUT2D eigenvalue weighted by molar-refractivity contribution is 5.80. The molecule has 0 spiro atoms. The molecule has 0 heterocycles. The van der Waals surface area contributed by atoms with E-state index in [0.717, 1.165) is 31.4 Å². The minimum atomic E-state index is 0.403. The van der Waals surface area contributed by atoms with Crippen LogP contribution in [0.5, 0.6) is 5.75 Å². The number of Topliss-reactive ketones (excluding diaryl/α,β-unsaturated/α-hetero) is 1. The largest absolute Gasteiger partial charge is 0.493 e. The Balaban J connectivity index is 1.63. The van der Waals surface area contributed by atoms with E-state index in [9.17, 15) is 4.79 Å². The summed E-state index contributed by atoms with van der Waals surface area (Å²) < 4.78 is 5.57. The van der Waals surface area contributed by atoms with Crippen LogP contribution in [0, 0.1) is 5.92 Å². The van der Waals surface area contributed by atoms with E-state index in [1.807, 2.05) is 30.3 Å². The molecule has 2 heteroatoms. The molecule has 2 rings (SSSR count). The van der Waals surface area contributed by atoms with Gasteiger partial charge in [-0.25, -0.2) is 0 Å². The predicted octanol–water partition coefficient (Wildman–Crippen LogP) is 3.38. The van der Waals surface area contributed by atoms with E-state index >= 15 is 0 Å². The predicted molar refractivity (Wildman–Crippen MR) is 68.0 cm³/mol. The van der Waals surface area contributed by atoms with Crippen LogP contribution in [0.4, 0.5) is 0 Å². The molecule has 0 radical (unpaired) electrons. The second-order valence-electron chi connectivity index (χ2n) is 4.42. The fraction of sp³-hybridized carbons (Fsp3) is 0.400. The first-order valence-electron chi connectivity index (χ1n) is 6.21. The Labute approximate surface area is 102 Å². The first-order chi connectivity index (χ1) is 8.34. The summed E-state index contributed by atoms with van der Waals surface area (Å²) in [4.78, 5) is 11.1. The Morgan fingerprint density at radius 2 is 2.12 bits per heavy atom. The van der Waals surface area contributed by atoms with Crippen LogP contribution in [-0.4, -0.2) is 12.4 Å². The van der Waals surface area contributed by atoms with Gasteiger partial charge < -0.3 is 4.74 Å². The van der Waals surface area contributed by atoms with Crippen molar-refractivity contribution >= 4 is 5.78 Å². The first-order valence-corrected chi connectivity index (χ1v) is 6.21. The van der Waals surface area contributed by atoms with Crippen LogP contribution in [0.15, 0.2) is 42.5 Å². The van der Waals surface area contributed by atoms with Crippen molar-refractivity contribution in [1.29, 1.82) is 0 Å². The molecule has 1 aliphatic carbocycles. The molecule has 0 aliphatic heterocycles. The van der Waals surface area contributed by atoms with Crippen LogP contribution in [0.2, 0.25) is 0 Å². The highest BCUT2D eigenvalue weighted by Crippen LogP contribution is 2.22. The number of carbonyl (C=O) groups is 1. The summed E-state index contributed by atoms with van der Waals surface area (Å²) in [6.07, 6.45) is 7.71. The summed E-state index contributed by atoms with van der Waals surface area (Å²) in [6, 6.07) is 9.83. The Hall–Kier alpha value is -1.57. The van der Waals surface area contributed by atoms with Crippen molar-refractivity contribution < 1.29 is 9.53 Å². The molecule has 1 aromatic rings. The zero-order chi connectivity index (χ0) is 11.9. The number of ether oxygens (including phenoxy) is 1. The summed E-state index contributed by atoms with van der Waals surface area (Å²) in [5, 5.41) is 0. The number of allylic oxidation sites excluding steroid dienone is 1. The molecule has 17 heavy (non-hydrogen) atoms. The van der Waals surface area contributed by atoms with E-state index in [1.54, 1.807) is 0 Å². The lowest BCUT2D eigenvalue weighted by molar-refractivity contribution is -0.117. The van der Waals surface area contributed by atoms with Crippen molar-refractivity contribution in [3.8, 4) is 5.75 Å². The van der Waals surface area contributed by atoms with Crippen LogP contribution in [0.1, 0.15) is 25.7 Å². The molecule has 1 atom stereocenters. The lowest BCUT2D eigenvalue weighted by Crippen LogP contribution is -1.96. The lowest BCUT2D eigenvalue weighted by Gasteiger charge is -2.03. The summed E-state index contributed by atoms with van der Waals surface area (Å²) in [6.45, 7) is 0.696. The zero-order valence-electron chi connectivity index (χ0n) is 9.97. The number of benzene rings is 1. The van der Waals surface area contributed by atoms with Gasteiger partial charge in [0.15, 0.2) is 0 Å². The molecule has 0 amide bonds. The average Bonchev–Trinajstić information content (AvgIpc) is 2.76. The minimum Gasteiger partial charge on any atom is -0.493 e. The molecule has 1 saturated carbocycles. The molecule has 1 aromatic carbocycles. The third kappa shape index (κ3) is 4.06. The SMILES string of the molecule is O=C1CC[C@H](/C=C/CCOc2ccccc2)C1. The Bertz CT molecular complexity index is 381. The smallest absolute Gasteiger partial charge is 0.133 e. The van der Waals surface area contributed by atoms with E-state index in [-0.39, 0.29) is 0 Å². The van der Waals surface area contributed by atoms with Gasteiger partial charge in [-0.3, -0.25) is 4.79 Å². The van der Waals surface area contributed by atoms with Crippen LogP contribution in [0.25, 0.3) is 0 Å². The monoisotopic (exact) mass is 230 g/mol. The Morgan fingerprint density at radius 1 is 1.29 bits per heavy atom. The molecule has 0 aromatic heterocycles. The topological polar surface area (TPSA) is 26.3 Å². The minimum absolute atomic E-state index is 0.403. The van der Waals surface area contributed by atoms with Crippen molar-refractivity contribution in [2.45, 2.75) is 25.7 Å². The van der Waals surface area contributed by atoms with Crippen molar-refractivity contribution in [3.63, 3.8) is 0 Å². The van der Waals surface area contributed by atoms with Crippen LogP contribution < -0.4 is 4.74 Å². The molecule has 0 bridgehead atoms. The summed E-state index contributed by atoms with van der Waals surface area (Å²) in [7, 11) is 0. The van der Waals surface area contributed by atoms with Crippen LogP contribution >= 0.6 is 0 Å². The van der Waals surface area contributed by atoms with Crippen molar-refractivity contribution in [2.75, 3.05) is 6.61 Å². The van der Waals surface area contributed by atoms with Gasteiger partial charge in [0.2, 0.25) is 0 Å². The van der Waals surface area contributed by atoms with Crippen molar-refractivity contribution in [2.24, 2.45) is 5.92 Å². The van der Waals surface area contributed by atoms with E-state index in [1.165, 1.54) is 0 Å². The molecule has 0 saturated heterocycles. The number of para-hydroxylation sites is 1.